The van der Waals surface area contributed by atoms with Gasteiger partial charge < -0.3 is 10.1 Å². The van der Waals surface area contributed by atoms with Crippen LogP contribution >= 0.6 is 11.3 Å². The summed E-state index contributed by atoms with van der Waals surface area (Å²) in [5.41, 5.74) is 1.60. The summed E-state index contributed by atoms with van der Waals surface area (Å²) in [5, 5.41) is 4.84. The van der Waals surface area contributed by atoms with E-state index in [9.17, 15) is 9.18 Å². The van der Waals surface area contributed by atoms with E-state index in [2.05, 4.69) is 16.3 Å². The lowest BCUT2D eigenvalue weighted by atomic mass is 10.2. The first-order valence-electron chi connectivity index (χ1n) is 8.56. The second-order valence-electron chi connectivity index (χ2n) is 6.09. The fourth-order valence-corrected chi connectivity index (χ4v) is 3.55. The normalized spacial score (nSPS) is 10.8. The molecule has 6 heteroatoms. The maximum absolute atomic E-state index is 13.0. The minimum Gasteiger partial charge on any atom is -0.496 e. The second kappa shape index (κ2) is 9.30. The van der Waals surface area contributed by atoms with Gasteiger partial charge in [-0.15, -0.1) is 11.3 Å². The molecule has 0 saturated heterocycles. The molecule has 0 aliphatic rings. The first-order chi connectivity index (χ1) is 13.1. The highest BCUT2D eigenvalue weighted by Crippen LogP contribution is 2.21. The SMILES string of the molecule is COc1ccccc1CN(CC(=O)Nc1ccc(F)cc1)Cc1cccs1. The summed E-state index contributed by atoms with van der Waals surface area (Å²) in [4.78, 5) is 15.7. The lowest BCUT2D eigenvalue weighted by molar-refractivity contribution is -0.117. The first-order valence-corrected chi connectivity index (χ1v) is 9.44. The van der Waals surface area contributed by atoms with Crippen LogP contribution in [0.5, 0.6) is 5.75 Å². The van der Waals surface area contributed by atoms with E-state index in [0.717, 1.165) is 11.3 Å². The van der Waals surface area contributed by atoms with E-state index >= 15 is 0 Å². The average Bonchev–Trinajstić information content (AvgIpc) is 3.17. The van der Waals surface area contributed by atoms with Gasteiger partial charge in [0.05, 0.1) is 13.7 Å². The van der Waals surface area contributed by atoms with Crippen molar-refractivity contribution in [2.45, 2.75) is 13.1 Å². The number of halogens is 1. The number of ether oxygens (including phenoxy) is 1. The predicted octanol–water partition coefficient (Wildman–Crippen LogP) is 4.54. The number of carbonyl (C=O) groups excluding carboxylic acids is 1. The molecule has 27 heavy (non-hydrogen) atoms. The third-order valence-corrected chi connectivity index (χ3v) is 4.90. The van der Waals surface area contributed by atoms with Crippen LogP contribution in [0.3, 0.4) is 0 Å². The highest BCUT2D eigenvalue weighted by atomic mass is 32.1. The van der Waals surface area contributed by atoms with E-state index in [1.165, 1.54) is 17.0 Å². The molecule has 1 heterocycles. The van der Waals surface area contributed by atoms with Gasteiger partial charge in [-0.3, -0.25) is 9.69 Å². The predicted molar refractivity (Wildman–Crippen MR) is 106 cm³/mol. The number of nitrogens with zero attached hydrogens (tertiary/aromatic N) is 1. The Morgan fingerprint density at radius 2 is 1.85 bits per heavy atom. The highest BCUT2D eigenvalue weighted by Gasteiger charge is 2.15. The topological polar surface area (TPSA) is 41.6 Å². The Hall–Kier alpha value is -2.70. The largest absolute Gasteiger partial charge is 0.496 e. The van der Waals surface area contributed by atoms with Crippen molar-refractivity contribution in [1.82, 2.24) is 4.90 Å². The van der Waals surface area contributed by atoms with E-state index in [-0.39, 0.29) is 18.3 Å². The van der Waals surface area contributed by atoms with Crippen LogP contribution in [0.1, 0.15) is 10.4 Å². The summed E-state index contributed by atoms with van der Waals surface area (Å²) < 4.78 is 18.5. The number of nitrogens with one attached hydrogen (secondary N) is 1. The van der Waals surface area contributed by atoms with Gasteiger partial charge in [-0.1, -0.05) is 24.3 Å². The van der Waals surface area contributed by atoms with Gasteiger partial charge in [0.1, 0.15) is 11.6 Å². The number of rotatable bonds is 8. The zero-order valence-electron chi connectivity index (χ0n) is 15.0. The van der Waals surface area contributed by atoms with Crippen molar-refractivity contribution in [2.24, 2.45) is 0 Å². The monoisotopic (exact) mass is 384 g/mol. The standard InChI is InChI=1S/C21H21FN2O2S/c1-26-20-7-3-2-5-16(20)13-24(14-19-6-4-12-27-19)15-21(25)23-18-10-8-17(22)9-11-18/h2-12H,13-15H2,1H3,(H,23,25). The van der Waals surface area contributed by atoms with E-state index in [4.69, 9.17) is 4.74 Å². The summed E-state index contributed by atoms with van der Waals surface area (Å²) in [6.07, 6.45) is 0. The minimum absolute atomic E-state index is 0.145. The quantitative estimate of drug-likeness (QED) is 0.620. The van der Waals surface area contributed by atoms with Crippen LogP contribution in [-0.4, -0.2) is 24.5 Å². The van der Waals surface area contributed by atoms with Crippen LogP contribution < -0.4 is 10.1 Å². The second-order valence-corrected chi connectivity index (χ2v) is 7.12. The summed E-state index contributed by atoms with van der Waals surface area (Å²) in [5.74, 6) is 0.323. The molecule has 140 valence electrons. The van der Waals surface area contributed by atoms with Gasteiger partial charge in [0, 0.05) is 29.2 Å². The number of para-hydroxylation sites is 1. The Balaban J connectivity index is 1.71. The van der Waals surface area contributed by atoms with E-state index in [0.29, 0.717) is 18.8 Å². The number of thiophene rings is 1. The summed E-state index contributed by atoms with van der Waals surface area (Å²) in [6.45, 7) is 1.46. The Bertz CT molecular complexity index is 866. The van der Waals surface area contributed by atoms with Gasteiger partial charge in [-0.2, -0.15) is 0 Å². The van der Waals surface area contributed by atoms with Crippen LogP contribution in [0.4, 0.5) is 10.1 Å². The van der Waals surface area contributed by atoms with Gasteiger partial charge >= 0.3 is 0 Å². The van der Waals surface area contributed by atoms with Crippen LogP contribution in [0.25, 0.3) is 0 Å². The van der Waals surface area contributed by atoms with Gasteiger partial charge in [-0.05, 0) is 41.8 Å². The highest BCUT2D eigenvalue weighted by molar-refractivity contribution is 7.09. The van der Waals surface area contributed by atoms with Crippen molar-refractivity contribution in [3.63, 3.8) is 0 Å². The van der Waals surface area contributed by atoms with Crippen LogP contribution in [0.15, 0.2) is 66.0 Å². The van der Waals surface area contributed by atoms with Crippen molar-refractivity contribution < 1.29 is 13.9 Å². The molecular weight excluding hydrogens is 363 g/mol. The van der Waals surface area contributed by atoms with Crippen LogP contribution in [-0.2, 0) is 17.9 Å². The van der Waals surface area contributed by atoms with E-state index in [1.807, 2.05) is 35.7 Å². The average molecular weight is 384 g/mol. The molecule has 0 unspecified atom stereocenters. The van der Waals surface area contributed by atoms with Crippen LogP contribution in [0, 0.1) is 5.82 Å². The number of anilines is 1. The van der Waals surface area contributed by atoms with Crippen molar-refractivity contribution in [2.75, 3.05) is 19.0 Å². The number of hydrogen-bond acceptors (Lipinski definition) is 4. The summed E-state index contributed by atoms with van der Waals surface area (Å²) >= 11 is 1.66. The summed E-state index contributed by atoms with van der Waals surface area (Å²) in [7, 11) is 1.64. The maximum Gasteiger partial charge on any atom is 0.238 e. The molecule has 3 rings (SSSR count). The number of methoxy groups -OCH3 is 1. The Labute approximate surface area is 162 Å². The molecule has 4 nitrogen and oxygen atoms in total. The zero-order chi connectivity index (χ0) is 19.1. The molecule has 0 spiro atoms. The van der Waals surface area contributed by atoms with Crippen molar-refractivity contribution in [3.05, 3.63) is 82.3 Å². The van der Waals surface area contributed by atoms with Gasteiger partial charge in [0.15, 0.2) is 0 Å². The maximum atomic E-state index is 13.0. The van der Waals surface area contributed by atoms with Crippen molar-refractivity contribution in [1.29, 1.82) is 0 Å². The molecule has 3 aromatic rings. The van der Waals surface area contributed by atoms with Crippen LogP contribution in [0.2, 0.25) is 0 Å². The van der Waals surface area contributed by atoms with Gasteiger partial charge in [0.25, 0.3) is 0 Å². The Morgan fingerprint density at radius 3 is 2.56 bits per heavy atom. The number of amides is 1. The molecule has 1 N–H and O–H groups in total. The Morgan fingerprint density at radius 1 is 1.07 bits per heavy atom. The third-order valence-electron chi connectivity index (χ3n) is 4.04. The van der Waals surface area contributed by atoms with Crippen molar-refractivity contribution in [3.8, 4) is 5.75 Å². The minimum atomic E-state index is -0.330. The zero-order valence-corrected chi connectivity index (χ0v) is 15.8. The van der Waals surface area contributed by atoms with Crippen molar-refractivity contribution >= 4 is 22.9 Å². The third kappa shape index (κ3) is 5.64. The Kier molecular flexibility index (Phi) is 6.57. The lowest BCUT2D eigenvalue weighted by Crippen LogP contribution is -2.32. The number of benzene rings is 2. The molecule has 0 radical (unpaired) electrons. The molecule has 0 bridgehead atoms. The molecule has 1 aromatic heterocycles. The lowest BCUT2D eigenvalue weighted by Gasteiger charge is -2.22. The molecule has 1 amide bonds. The van der Waals surface area contributed by atoms with Gasteiger partial charge in [-0.25, -0.2) is 4.39 Å². The molecular formula is C21H21FN2O2S. The molecule has 0 fully saturated rings. The van der Waals surface area contributed by atoms with E-state index < -0.39 is 0 Å². The number of hydrogen-bond donors (Lipinski definition) is 1. The molecule has 0 aliphatic carbocycles. The fourth-order valence-electron chi connectivity index (χ4n) is 2.80. The fraction of sp³-hybridized carbons (Fsp3) is 0.190. The van der Waals surface area contributed by atoms with E-state index in [1.54, 1.807) is 30.6 Å². The van der Waals surface area contributed by atoms with Gasteiger partial charge in [0.2, 0.25) is 5.91 Å². The molecule has 0 saturated carbocycles. The number of carbonyl (C=O) groups is 1. The summed E-state index contributed by atoms with van der Waals surface area (Å²) in [6, 6.07) is 17.6. The molecule has 2 aromatic carbocycles. The smallest absolute Gasteiger partial charge is 0.238 e. The first kappa shape index (κ1) is 19.1. The molecule has 0 atom stereocenters. The molecule has 0 aliphatic heterocycles.